The first-order valence-corrected chi connectivity index (χ1v) is 12.9. The third-order valence-corrected chi connectivity index (χ3v) is 9.06. The number of nitrogens with zero attached hydrogens (tertiary/aromatic N) is 1. The van der Waals surface area contributed by atoms with Crippen LogP contribution in [0.3, 0.4) is 0 Å². The lowest BCUT2D eigenvalue weighted by molar-refractivity contribution is -0.659. The van der Waals surface area contributed by atoms with Crippen LogP contribution in [0.4, 0.5) is 13.2 Å². The molecule has 0 N–H and O–H groups in total. The minimum atomic E-state index is -4.26. The molecule has 4 aromatic carbocycles. The second-order valence-corrected chi connectivity index (χ2v) is 11.7. The first kappa shape index (κ1) is 23.4. The van der Waals surface area contributed by atoms with E-state index in [1.807, 2.05) is 30.0 Å². The fourth-order valence-corrected chi connectivity index (χ4v) is 7.00. The Bertz CT molecular complexity index is 1730. The lowest BCUT2D eigenvalue weighted by Gasteiger charge is -2.28. The van der Waals surface area contributed by atoms with Gasteiger partial charge in [-0.15, -0.1) is 0 Å². The van der Waals surface area contributed by atoms with Gasteiger partial charge >= 0.3 is 6.18 Å². The molecule has 1 aliphatic heterocycles. The van der Waals surface area contributed by atoms with Crippen molar-refractivity contribution in [1.29, 1.82) is 0 Å². The Morgan fingerprint density at radius 3 is 2.22 bits per heavy atom. The van der Waals surface area contributed by atoms with E-state index in [2.05, 4.69) is 68.1 Å². The van der Waals surface area contributed by atoms with Crippen molar-refractivity contribution in [2.24, 2.45) is 12.5 Å². The predicted octanol–water partition coefficient (Wildman–Crippen LogP) is 8.85. The van der Waals surface area contributed by atoms with Gasteiger partial charge in [0.2, 0.25) is 5.69 Å². The van der Waals surface area contributed by atoms with Gasteiger partial charge in [-0.1, -0.05) is 68.1 Å². The van der Waals surface area contributed by atoms with Gasteiger partial charge in [0.15, 0.2) is 6.20 Å². The van der Waals surface area contributed by atoms with Crippen LogP contribution in [-0.2, 0) is 13.5 Å². The van der Waals surface area contributed by atoms with Gasteiger partial charge in [0.25, 0.3) is 0 Å². The number of fused-ring (bicyclic) bond motifs is 5. The van der Waals surface area contributed by atoms with E-state index in [-0.39, 0.29) is 6.42 Å². The van der Waals surface area contributed by atoms with E-state index in [9.17, 15) is 13.2 Å². The number of alkyl halides is 3. The maximum Gasteiger partial charge on any atom is 0.394 e. The van der Waals surface area contributed by atoms with Gasteiger partial charge in [-0.3, -0.25) is 0 Å². The lowest BCUT2D eigenvalue weighted by atomic mass is 9.84. The Kier molecular flexibility index (Phi) is 5.01. The number of hydrogen-bond donors (Lipinski definition) is 0. The molecule has 0 saturated carbocycles. The van der Waals surface area contributed by atoms with Crippen molar-refractivity contribution < 1.29 is 17.7 Å². The third-order valence-electron chi connectivity index (χ3n) is 7.80. The zero-order valence-corrected chi connectivity index (χ0v) is 21.8. The standard InChI is InChI=1S/C31H27F3NS/c1-17-21-8-6-7-9-22(21)18(2)29-26(17)28-27-23(12-13-35(28)5)24-14-19(16-30(3,4)31(32,33)34)10-11-20(24)15-25(27)36-29/h6-15H,16H2,1-5H3/q+1. The van der Waals surface area contributed by atoms with Crippen LogP contribution in [0.25, 0.3) is 43.6 Å². The number of benzene rings is 4. The van der Waals surface area contributed by atoms with Gasteiger partial charge in [-0.05, 0) is 64.6 Å². The van der Waals surface area contributed by atoms with Crippen LogP contribution in [-0.4, -0.2) is 6.18 Å². The van der Waals surface area contributed by atoms with Crippen molar-refractivity contribution in [1.82, 2.24) is 0 Å². The van der Waals surface area contributed by atoms with E-state index in [0.29, 0.717) is 5.56 Å². The molecular weight excluding hydrogens is 475 g/mol. The molecule has 0 bridgehead atoms. The maximum atomic E-state index is 13.6. The zero-order chi connectivity index (χ0) is 25.6. The van der Waals surface area contributed by atoms with E-state index in [0.717, 1.165) is 16.2 Å². The summed E-state index contributed by atoms with van der Waals surface area (Å²) in [4.78, 5) is 2.47. The van der Waals surface area contributed by atoms with E-state index < -0.39 is 11.6 Å². The van der Waals surface area contributed by atoms with Crippen LogP contribution >= 0.6 is 11.8 Å². The van der Waals surface area contributed by atoms with Crippen LogP contribution in [0.15, 0.2) is 70.6 Å². The summed E-state index contributed by atoms with van der Waals surface area (Å²) >= 11 is 1.81. The van der Waals surface area contributed by atoms with Gasteiger partial charge in [0, 0.05) is 21.2 Å². The van der Waals surface area contributed by atoms with Crippen molar-refractivity contribution in [3.63, 3.8) is 0 Å². The van der Waals surface area contributed by atoms with Crippen molar-refractivity contribution in [2.45, 2.75) is 50.1 Å². The van der Waals surface area contributed by atoms with Gasteiger partial charge < -0.3 is 0 Å². The van der Waals surface area contributed by atoms with E-state index in [1.165, 1.54) is 62.2 Å². The predicted molar refractivity (Wildman–Crippen MR) is 143 cm³/mol. The molecule has 0 aliphatic carbocycles. The second kappa shape index (κ2) is 7.72. The minimum absolute atomic E-state index is 0.0506. The summed E-state index contributed by atoms with van der Waals surface area (Å²) in [6.07, 6.45) is -2.23. The first-order chi connectivity index (χ1) is 17.0. The number of aromatic nitrogens is 1. The van der Waals surface area contributed by atoms with Crippen LogP contribution in [0, 0.1) is 19.3 Å². The highest BCUT2D eigenvalue weighted by molar-refractivity contribution is 8.00. The highest BCUT2D eigenvalue weighted by atomic mass is 32.2. The van der Waals surface area contributed by atoms with Gasteiger partial charge in [0.05, 0.1) is 16.4 Å². The van der Waals surface area contributed by atoms with Crippen LogP contribution in [0.5, 0.6) is 0 Å². The molecule has 6 rings (SSSR count). The molecule has 5 aromatic rings. The first-order valence-electron chi connectivity index (χ1n) is 12.1. The Balaban J connectivity index is 1.66. The van der Waals surface area contributed by atoms with Gasteiger partial charge in [-0.25, -0.2) is 4.57 Å². The molecule has 5 heteroatoms. The molecule has 0 spiro atoms. The van der Waals surface area contributed by atoms with Crippen molar-refractivity contribution >= 4 is 44.1 Å². The molecule has 1 nitrogen and oxygen atoms in total. The summed E-state index contributed by atoms with van der Waals surface area (Å²) in [7, 11) is 2.08. The highest BCUT2D eigenvalue weighted by Gasteiger charge is 2.47. The van der Waals surface area contributed by atoms with Crippen LogP contribution in [0.1, 0.15) is 30.5 Å². The van der Waals surface area contributed by atoms with E-state index in [4.69, 9.17) is 0 Å². The number of pyridine rings is 1. The SMILES string of the molecule is Cc1c2c(c(C)c3ccccc13)-c1c3c(cc4ccc(CC(C)(C)C(F)(F)F)cc4c3cc[n+]1C)S2. The zero-order valence-electron chi connectivity index (χ0n) is 21.0. The average molecular weight is 503 g/mol. The van der Waals surface area contributed by atoms with Crippen molar-refractivity contribution in [2.75, 3.05) is 0 Å². The number of halogens is 3. The fraction of sp³-hybridized carbons (Fsp3) is 0.258. The topological polar surface area (TPSA) is 3.88 Å². The number of rotatable bonds is 2. The Hall–Kier alpha value is -3.05. The van der Waals surface area contributed by atoms with Crippen LogP contribution in [0.2, 0.25) is 0 Å². The van der Waals surface area contributed by atoms with Crippen molar-refractivity contribution in [3.8, 4) is 11.3 Å². The largest absolute Gasteiger partial charge is 0.394 e. The van der Waals surface area contributed by atoms with Crippen molar-refractivity contribution in [3.05, 3.63) is 77.5 Å². The van der Waals surface area contributed by atoms with E-state index >= 15 is 0 Å². The molecule has 0 atom stereocenters. The monoisotopic (exact) mass is 502 g/mol. The lowest BCUT2D eigenvalue weighted by Crippen LogP contribution is -2.34. The fourth-order valence-electron chi connectivity index (χ4n) is 5.67. The molecule has 36 heavy (non-hydrogen) atoms. The summed E-state index contributed by atoms with van der Waals surface area (Å²) in [5, 5.41) is 6.85. The molecule has 0 amide bonds. The highest BCUT2D eigenvalue weighted by Crippen LogP contribution is 2.52. The molecule has 0 radical (unpaired) electrons. The van der Waals surface area contributed by atoms with Crippen LogP contribution < -0.4 is 4.57 Å². The summed E-state index contributed by atoms with van der Waals surface area (Å²) in [6.45, 7) is 6.95. The number of aryl methyl sites for hydroxylation is 3. The molecule has 1 aromatic heterocycles. The molecule has 0 fully saturated rings. The molecule has 0 saturated heterocycles. The Morgan fingerprint density at radius 1 is 0.833 bits per heavy atom. The second-order valence-electron chi connectivity index (χ2n) is 10.7. The summed E-state index contributed by atoms with van der Waals surface area (Å²) < 4.78 is 43.0. The number of hydrogen-bond acceptors (Lipinski definition) is 1. The van der Waals surface area contributed by atoms with Gasteiger partial charge in [-0.2, -0.15) is 13.2 Å². The average Bonchev–Trinajstić information content (AvgIpc) is 2.83. The molecule has 0 unspecified atom stereocenters. The normalized spacial score (nSPS) is 13.6. The third kappa shape index (κ3) is 3.28. The summed E-state index contributed by atoms with van der Waals surface area (Å²) in [5.74, 6) is 0. The molecule has 182 valence electrons. The molecular formula is C31H27F3NS+. The summed E-state index contributed by atoms with van der Waals surface area (Å²) in [6, 6.07) is 18.7. The van der Waals surface area contributed by atoms with Gasteiger partial charge in [0.1, 0.15) is 7.05 Å². The minimum Gasteiger partial charge on any atom is -0.200 e. The molecule has 2 heterocycles. The summed E-state index contributed by atoms with van der Waals surface area (Å²) in [5.41, 5.74) is 3.88. The Labute approximate surface area is 212 Å². The quantitative estimate of drug-likeness (QED) is 0.169. The molecule has 1 aliphatic rings. The van der Waals surface area contributed by atoms with E-state index in [1.54, 1.807) is 0 Å². The Morgan fingerprint density at radius 2 is 1.53 bits per heavy atom. The smallest absolute Gasteiger partial charge is 0.200 e. The maximum absolute atomic E-state index is 13.6.